The molecule has 0 aliphatic carbocycles. The molecule has 0 saturated heterocycles. The molecule has 2 aromatic rings. The summed E-state index contributed by atoms with van der Waals surface area (Å²) in [6.45, 7) is 3.98. The zero-order valence-electron chi connectivity index (χ0n) is 12.5. The van der Waals surface area contributed by atoms with Crippen LogP contribution in [0, 0.1) is 0 Å². The van der Waals surface area contributed by atoms with Crippen molar-refractivity contribution in [2.75, 3.05) is 26.9 Å². The predicted molar refractivity (Wildman–Crippen MR) is 81.4 cm³/mol. The van der Waals surface area contributed by atoms with E-state index in [1.54, 1.807) is 25.7 Å². The van der Waals surface area contributed by atoms with E-state index in [0.717, 1.165) is 23.6 Å². The molecule has 0 spiro atoms. The van der Waals surface area contributed by atoms with E-state index in [4.69, 9.17) is 9.47 Å². The van der Waals surface area contributed by atoms with Crippen LogP contribution in [0.1, 0.15) is 24.2 Å². The van der Waals surface area contributed by atoms with Gasteiger partial charge in [0.25, 0.3) is 0 Å². The van der Waals surface area contributed by atoms with Crippen LogP contribution in [0.3, 0.4) is 0 Å². The average Bonchev–Trinajstić information content (AvgIpc) is 2.54. The summed E-state index contributed by atoms with van der Waals surface area (Å²) >= 11 is 0. The first-order chi connectivity index (χ1) is 10.4. The van der Waals surface area contributed by atoms with Crippen molar-refractivity contribution >= 4 is 0 Å². The summed E-state index contributed by atoms with van der Waals surface area (Å²) < 4.78 is 10.8. The molecule has 0 fully saturated rings. The molecule has 21 heavy (non-hydrogen) atoms. The van der Waals surface area contributed by atoms with Gasteiger partial charge in [0.2, 0.25) is 0 Å². The highest BCUT2D eigenvalue weighted by Crippen LogP contribution is 2.28. The molecule has 5 heteroatoms. The third-order valence-electron chi connectivity index (χ3n) is 3.06. The van der Waals surface area contributed by atoms with Crippen LogP contribution < -0.4 is 10.1 Å². The Morgan fingerprint density at radius 2 is 2.05 bits per heavy atom. The molecule has 0 amide bonds. The lowest BCUT2D eigenvalue weighted by atomic mass is 10.0. The van der Waals surface area contributed by atoms with E-state index in [0.29, 0.717) is 13.2 Å². The van der Waals surface area contributed by atoms with Crippen molar-refractivity contribution in [2.24, 2.45) is 0 Å². The van der Waals surface area contributed by atoms with E-state index in [2.05, 4.69) is 22.2 Å². The highest BCUT2D eigenvalue weighted by Gasteiger charge is 2.18. The van der Waals surface area contributed by atoms with Gasteiger partial charge >= 0.3 is 0 Å². The maximum absolute atomic E-state index is 5.81. The van der Waals surface area contributed by atoms with E-state index in [1.165, 1.54) is 0 Å². The zero-order valence-corrected chi connectivity index (χ0v) is 12.5. The van der Waals surface area contributed by atoms with Crippen LogP contribution in [0.25, 0.3) is 0 Å². The van der Waals surface area contributed by atoms with E-state index in [-0.39, 0.29) is 6.04 Å². The number of aromatic nitrogens is 2. The quantitative estimate of drug-likeness (QED) is 0.754. The van der Waals surface area contributed by atoms with E-state index >= 15 is 0 Å². The minimum absolute atomic E-state index is 0.0394. The molecule has 1 aromatic heterocycles. The number of rotatable bonds is 8. The van der Waals surface area contributed by atoms with Crippen LogP contribution in [-0.4, -0.2) is 36.8 Å². The lowest BCUT2D eigenvalue weighted by molar-refractivity contribution is 0.145. The van der Waals surface area contributed by atoms with Crippen molar-refractivity contribution in [3.05, 3.63) is 54.1 Å². The molecule has 1 atom stereocenters. The second kappa shape index (κ2) is 8.34. The third-order valence-corrected chi connectivity index (χ3v) is 3.06. The molecular weight excluding hydrogens is 266 g/mol. The van der Waals surface area contributed by atoms with Gasteiger partial charge in [0.1, 0.15) is 12.4 Å². The summed E-state index contributed by atoms with van der Waals surface area (Å²) in [7, 11) is 1.66. The van der Waals surface area contributed by atoms with Gasteiger partial charge in [-0.15, -0.1) is 0 Å². The molecule has 1 unspecified atom stereocenters. The largest absolute Gasteiger partial charge is 0.491 e. The van der Waals surface area contributed by atoms with Crippen LogP contribution in [0.15, 0.2) is 42.9 Å². The zero-order chi connectivity index (χ0) is 14.9. The Morgan fingerprint density at radius 3 is 2.76 bits per heavy atom. The average molecular weight is 287 g/mol. The highest BCUT2D eigenvalue weighted by atomic mass is 16.5. The molecule has 0 saturated carbocycles. The topological polar surface area (TPSA) is 56.3 Å². The van der Waals surface area contributed by atoms with Crippen molar-refractivity contribution < 1.29 is 9.47 Å². The number of ether oxygens (including phenoxy) is 2. The summed E-state index contributed by atoms with van der Waals surface area (Å²) in [5.74, 6) is 0.839. The molecule has 0 aliphatic rings. The second-order valence-corrected chi connectivity index (χ2v) is 4.50. The first-order valence-electron chi connectivity index (χ1n) is 7.06. The number of benzene rings is 1. The van der Waals surface area contributed by atoms with E-state index in [1.807, 2.05) is 24.3 Å². The Hall–Kier alpha value is -1.98. The molecular formula is C16H21N3O2. The van der Waals surface area contributed by atoms with E-state index in [9.17, 15) is 0 Å². The molecule has 112 valence electrons. The van der Waals surface area contributed by atoms with Crippen LogP contribution in [0.2, 0.25) is 0 Å². The van der Waals surface area contributed by atoms with Gasteiger partial charge in [0.05, 0.1) is 24.5 Å². The number of nitrogens with one attached hydrogen (secondary N) is 1. The summed E-state index contributed by atoms with van der Waals surface area (Å²) in [4.78, 5) is 8.56. The lowest BCUT2D eigenvalue weighted by Gasteiger charge is -2.20. The van der Waals surface area contributed by atoms with E-state index < -0.39 is 0 Å². The van der Waals surface area contributed by atoms with Gasteiger partial charge in [0.15, 0.2) is 0 Å². The van der Waals surface area contributed by atoms with Gasteiger partial charge in [-0.3, -0.25) is 9.97 Å². The fourth-order valence-corrected chi connectivity index (χ4v) is 2.12. The molecule has 5 nitrogen and oxygen atoms in total. The smallest absolute Gasteiger partial charge is 0.124 e. The summed E-state index contributed by atoms with van der Waals surface area (Å²) in [5.41, 5.74) is 1.93. The number of methoxy groups -OCH3 is 1. The monoisotopic (exact) mass is 287 g/mol. The van der Waals surface area contributed by atoms with Crippen molar-refractivity contribution in [1.82, 2.24) is 15.3 Å². The maximum Gasteiger partial charge on any atom is 0.124 e. The number of nitrogens with zero attached hydrogens (tertiary/aromatic N) is 2. The number of para-hydroxylation sites is 1. The highest BCUT2D eigenvalue weighted by molar-refractivity contribution is 5.39. The standard InChI is InChI=1S/C16H21N3O2/c1-3-18-16(14-12-17-8-9-19-14)13-6-4-5-7-15(13)21-11-10-20-2/h4-9,12,16,18H,3,10-11H2,1-2H3. The fraction of sp³-hybridized carbons (Fsp3) is 0.375. The SMILES string of the molecule is CCNC(c1cnccn1)c1ccccc1OCCOC. The normalized spacial score (nSPS) is 12.1. The predicted octanol–water partition coefficient (Wildman–Crippen LogP) is 2.20. The Morgan fingerprint density at radius 1 is 1.19 bits per heavy atom. The van der Waals surface area contributed by atoms with Crippen molar-refractivity contribution in [2.45, 2.75) is 13.0 Å². The summed E-state index contributed by atoms with van der Waals surface area (Å²) in [6, 6.07) is 7.93. The number of hydrogen-bond donors (Lipinski definition) is 1. The maximum atomic E-state index is 5.81. The lowest BCUT2D eigenvalue weighted by Crippen LogP contribution is -2.24. The van der Waals surface area contributed by atoms with Crippen molar-refractivity contribution in [3.8, 4) is 5.75 Å². The Balaban J connectivity index is 2.27. The van der Waals surface area contributed by atoms with Gasteiger partial charge in [-0.25, -0.2) is 0 Å². The summed E-state index contributed by atoms with van der Waals surface area (Å²) in [5, 5.41) is 3.43. The van der Waals surface area contributed by atoms with Crippen LogP contribution in [0.4, 0.5) is 0 Å². The molecule has 0 bridgehead atoms. The van der Waals surface area contributed by atoms with Crippen molar-refractivity contribution in [3.63, 3.8) is 0 Å². The molecule has 2 rings (SSSR count). The van der Waals surface area contributed by atoms with Crippen molar-refractivity contribution in [1.29, 1.82) is 0 Å². The Labute approximate surface area is 125 Å². The number of hydrogen-bond acceptors (Lipinski definition) is 5. The van der Waals surface area contributed by atoms with Gasteiger partial charge in [-0.2, -0.15) is 0 Å². The molecule has 0 radical (unpaired) electrons. The van der Waals surface area contributed by atoms with Gasteiger partial charge in [-0.05, 0) is 12.6 Å². The first kappa shape index (κ1) is 15.4. The Bertz CT molecular complexity index is 534. The van der Waals surface area contributed by atoms with Gasteiger partial charge < -0.3 is 14.8 Å². The fourth-order valence-electron chi connectivity index (χ4n) is 2.12. The molecule has 1 heterocycles. The molecule has 1 N–H and O–H groups in total. The van der Waals surface area contributed by atoms with Gasteiger partial charge in [0, 0.05) is 25.1 Å². The minimum Gasteiger partial charge on any atom is -0.491 e. The third kappa shape index (κ3) is 4.24. The van der Waals surface area contributed by atoms with Gasteiger partial charge in [-0.1, -0.05) is 25.1 Å². The molecule has 1 aromatic carbocycles. The van der Waals surface area contributed by atoms with Crippen LogP contribution in [-0.2, 0) is 4.74 Å². The Kier molecular flexibility index (Phi) is 6.12. The van der Waals surface area contributed by atoms with Crippen LogP contribution in [0.5, 0.6) is 5.75 Å². The van der Waals surface area contributed by atoms with Crippen LogP contribution >= 0.6 is 0 Å². The summed E-state index contributed by atoms with van der Waals surface area (Å²) in [6.07, 6.45) is 5.15. The second-order valence-electron chi connectivity index (χ2n) is 4.50. The minimum atomic E-state index is -0.0394. The first-order valence-corrected chi connectivity index (χ1v) is 7.06. The molecule has 0 aliphatic heterocycles.